The van der Waals surface area contributed by atoms with Crippen LogP contribution in [0.25, 0.3) is 55.5 Å². The average molecular weight is 720 g/mol. The fraction of sp³-hybridized carbons (Fsp3) is 0.0377. The van der Waals surface area contributed by atoms with Gasteiger partial charge in [-0.1, -0.05) is 158 Å². The molecule has 0 amide bonds. The molecule has 0 saturated carbocycles. The molecule has 0 aliphatic carbocycles. The highest BCUT2D eigenvalue weighted by molar-refractivity contribution is 6.06. The van der Waals surface area contributed by atoms with Gasteiger partial charge in [-0.25, -0.2) is 4.68 Å². The topological polar surface area (TPSA) is 20.5 Å². The van der Waals surface area contributed by atoms with E-state index in [0.717, 1.165) is 45.1 Å². The lowest BCUT2D eigenvalue weighted by Gasteiger charge is -2.26. The highest BCUT2D eigenvalue weighted by Gasteiger charge is 2.21. The number of anilines is 3. The number of fused-ring (bicyclic) bond motifs is 1. The molecule has 8 aromatic carbocycles. The minimum absolute atomic E-state index is 1.01. The van der Waals surface area contributed by atoms with Crippen molar-refractivity contribution in [3.63, 3.8) is 0 Å². The molecule has 9 rings (SSSR count). The van der Waals surface area contributed by atoms with Crippen LogP contribution in [0, 0.1) is 13.8 Å². The zero-order valence-corrected chi connectivity index (χ0v) is 31.5. The van der Waals surface area contributed by atoms with Gasteiger partial charge in [0, 0.05) is 39.0 Å². The van der Waals surface area contributed by atoms with Gasteiger partial charge in [0.25, 0.3) is 0 Å². The highest BCUT2D eigenvalue weighted by Crippen LogP contribution is 2.41. The third-order valence-corrected chi connectivity index (χ3v) is 10.6. The Morgan fingerprint density at radius 2 is 0.768 bits per heavy atom. The second-order valence-corrected chi connectivity index (χ2v) is 14.2. The van der Waals surface area contributed by atoms with E-state index in [1.54, 1.807) is 0 Å². The van der Waals surface area contributed by atoms with E-state index in [0.29, 0.717) is 0 Å². The van der Waals surface area contributed by atoms with E-state index in [1.165, 1.54) is 44.2 Å². The Kier molecular flexibility index (Phi) is 9.41. The summed E-state index contributed by atoms with van der Waals surface area (Å²) in [5, 5.41) is 7.67. The standard InChI is InChI=1S/C53H41N3/c1-38-33-50-51(34-39(38)2)53(44-23-13-6-14-24-44)56(52(50)43-21-11-5-12-22-43)54-37-40-29-31-47(32-30-40)55(48-27-15-25-45(35-48)41-17-7-3-8-18-41)49-28-16-26-46(36-49)42-19-9-4-10-20-42/h3-37H,1-2H3. The monoisotopic (exact) mass is 719 g/mol. The van der Waals surface area contributed by atoms with Gasteiger partial charge in [0.05, 0.1) is 17.6 Å². The van der Waals surface area contributed by atoms with Crippen LogP contribution in [-0.2, 0) is 0 Å². The molecule has 0 fully saturated rings. The maximum absolute atomic E-state index is 5.28. The first kappa shape index (κ1) is 34.5. The smallest absolute Gasteiger partial charge is 0.0804 e. The Morgan fingerprint density at radius 3 is 1.20 bits per heavy atom. The van der Waals surface area contributed by atoms with E-state index in [2.05, 4.69) is 230 Å². The summed E-state index contributed by atoms with van der Waals surface area (Å²) in [5.41, 5.74) is 15.9. The van der Waals surface area contributed by atoms with Crippen molar-refractivity contribution in [1.29, 1.82) is 0 Å². The summed E-state index contributed by atoms with van der Waals surface area (Å²) >= 11 is 0. The Morgan fingerprint density at radius 1 is 0.375 bits per heavy atom. The Balaban J connectivity index is 1.15. The Bertz CT molecular complexity index is 2620. The molecule has 1 heterocycles. The molecule has 0 saturated heterocycles. The molecule has 3 nitrogen and oxygen atoms in total. The van der Waals surface area contributed by atoms with Gasteiger partial charge in [-0.05, 0) is 101 Å². The second kappa shape index (κ2) is 15.3. The van der Waals surface area contributed by atoms with Crippen LogP contribution in [0.15, 0.2) is 211 Å². The van der Waals surface area contributed by atoms with Crippen molar-refractivity contribution in [1.82, 2.24) is 4.68 Å². The zero-order valence-electron chi connectivity index (χ0n) is 31.5. The van der Waals surface area contributed by atoms with Crippen LogP contribution < -0.4 is 4.90 Å². The van der Waals surface area contributed by atoms with Crippen LogP contribution in [-0.4, -0.2) is 10.9 Å². The first-order valence-corrected chi connectivity index (χ1v) is 19.1. The van der Waals surface area contributed by atoms with Gasteiger partial charge in [0.15, 0.2) is 0 Å². The predicted molar refractivity (Wildman–Crippen MR) is 237 cm³/mol. The summed E-state index contributed by atoms with van der Waals surface area (Å²) in [5.74, 6) is 0. The molecule has 0 aliphatic rings. The van der Waals surface area contributed by atoms with Crippen LogP contribution in [0.5, 0.6) is 0 Å². The molecule has 0 unspecified atom stereocenters. The number of rotatable bonds is 9. The van der Waals surface area contributed by atoms with Crippen molar-refractivity contribution in [2.45, 2.75) is 13.8 Å². The molecule has 0 atom stereocenters. The molecule has 1 aromatic heterocycles. The van der Waals surface area contributed by atoms with Gasteiger partial charge in [-0.3, -0.25) is 0 Å². The molecule has 0 bridgehead atoms. The molecular weight excluding hydrogens is 679 g/mol. The summed E-state index contributed by atoms with van der Waals surface area (Å²) in [4.78, 5) is 2.34. The first-order valence-electron chi connectivity index (χ1n) is 19.1. The van der Waals surface area contributed by atoms with Crippen LogP contribution in [0.1, 0.15) is 16.7 Å². The van der Waals surface area contributed by atoms with E-state index in [1.807, 2.05) is 6.21 Å². The maximum Gasteiger partial charge on any atom is 0.0804 e. The number of hydrogen-bond acceptors (Lipinski definition) is 2. The van der Waals surface area contributed by atoms with Gasteiger partial charge in [0.1, 0.15) is 0 Å². The summed E-state index contributed by atoms with van der Waals surface area (Å²) in [6.07, 6.45) is 1.98. The normalized spacial score (nSPS) is 11.3. The fourth-order valence-corrected chi connectivity index (χ4v) is 7.60. The average Bonchev–Trinajstić information content (AvgIpc) is 3.57. The maximum atomic E-state index is 5.28. The number of aromatic nitrogens is 1. The van der Waals surface area contributed by atoms with Gasteiger partial charge in [-0.2, -0.15) is 5.10 Å². The zero-order chi connectivity index (χ0) is 37.8. The van der Waals surface area contributed by atoms with Crippen LogP contribution >= 0.6 is 0 Å². The lowest BCUT2D eigenvalue weighted by Crippen LogP contribution is -2.10. The fourth-order valence-electron chi connectivity index (χ4n) is 7.60. The largest absolute Gasteiger partial charge is 0.310 e. The number of nitrogens with zero attached hydrogens (tertiary/aromatic N) is 3. The van der Waals surface area contributed by atoms with Crippen LogP contribution in [0.4, 0.5) is 17.1 Å². The third kappa shape index (κ3) is 6.83. The van der Waals surface area contributed by atoms with Crippen LogP contribution in [0.2, 0.25) is 0 Å². The van der Waals surface area contributed by atoms with E-state index in [-0.39, 0.29) is 0 Å². The number of aryl methyl sites for hydroxylation is 2. The van der Waals surface area contributed by atoms with Gasteiger partial charge < -0.3 is 4.90 Å². The Labute approximate surface area is 329 Å². The van der Waals surface area contributed by atoms with Crippen molar-refractivity contribution in [3.05, 3.63) is 223 Å². The molecule has 268 valence electrons. The van der Waals surface area contributed by atoms with E-state index in [9.17, 15) is 0 Å². The van der Waals surface area contributed by atoms with Gasteiger partial charge >= 0.3 is 0 Å². The van der Waals surface area contributed by atoms with Gasteiger partial charge in [0.2, 0.25) is 0 Å². The van der Waals surface area contributed by atoms with Gasteiger partial charge in [-0.15, -0.1) is 0 Å². The quantitative estimate of drug-likeness (QED) is 0.136. The Hall–Kier alpha value is -7.23. The minimum Gasteiger partial charge on any atom is -0.310 e. The third-order valence-electron chi connectivity index (χ3n) is 10.6. The van der Waals surface area contributed by atoms with Crippen LogP contribution in [0.3, 0.4) is 0 Å². The van der Waals surface area contributed by atoms with E-state index in [4.69, 9.17) is 5.10 Å². The number of benzene rings is 8. The second-order valence-electron chi connectivity index (χ2n) is 14.2. The van der Waals surface area contributed by atoms with Crippen molar-refractivity contribution >= 4 is 34.0 Å². The van der Waals surface area contributed by atoms with Crippen molar-refractivity contribution in [2.24, 2.45) is 5.10 Å². The molecule has 9 aromatic rings. The summed E-state index contributed by atoms with van der Waals surface area (Å²) < 4.78 is 2.14. The van der Waals surface area contributed by atoms with E-state index < -0.39 is 0 Å². The predicted octanol–water partition coefficient (Wildman–Crippen LogP) is 14.3. The summed E-state index contributed by atoms with van der Waals surface area (Å²) in [6.45, 7) is 4.38. The lowest BCUT2D eigenvalue weighted by molar-refractivity contribution is 0.917. The molecule has 0 spiro atoms. The molecule has 3 heteroatoms. The molecule has 0 N–H and O–H groups in total. The first-order chi connectivity index (χ1) is 27.6. The molecule has 56 heavy (non-hydrogen) atoms. The molecule has 0 radical (unpaired) electrons. The van der Waals surface area contributed by atoms with Crippen molar-refractivity contribution in [3.8, 4) is 44.8 Å². The summed E-state index contributed by atoms with van der Waals surface area (Å²) in [7, 11) is 0. The molecular formula is C53H41N3. The highest BCUT2D eigenvalue weighted by atomic mass is 15.4. The number of hydrogen-bond donors (Lipinski definition) is 0. The minimum atomic E-state index is 1.01. The SMILES string of the molecule is Cc1cc2c(-c3ccccc3)n(N=Cc3ccc(N(c4cccc(-c5ccccc5)c4)c4cccc(-c5ccccc5)c4)cc3)c(-c3ccccc3)c2cc1C. The molecule has 0 aliphatic heterocycles. The van der Waals surface area contributed by atoms with Crippen molar-refractivity contribution < 1.29 is 0 Å². The van der Waals surface area contributed by atoms with Crippen molar-refractivity contribution in [2.75, 3.05) is 4.90 Å². The summed E-state index contributed by atoms with van der Waals surface area (Å²) in [6, 6.07) is 73.3. The van der Waals surface area contributed by atoms with E-state index >= 15 is 0 Å². The lowest BCUT2D eigenvalue weighted by atomic mass is 9.99.